The van der Waals surface area contributed by atoms with Crippen molar-refractivity contribution in [2.24, 2.45) is 0 Å². The summed E-state index contributed by atoms with van der Waals surface area (Å²) in [6.07, 6.45) is 1.91. The smallest absolute Gasteiger partial charge is 0.0691 e. The van der Waals surface area contributed by atoms with Gasteiger partial charge in [-0.3, -0.25) is 0 Å². The van der Waals surface area contributed by atoms with Crippen LogP contribution in [0.3, 0.4) is 0 Å². The van der Waals surface area contributed by atoms with Crippen LogP contribution in [0.15, 0.2) is 0 Å². The maximum Gasteiger partial charge on any atom is 0.0691 e. The van der Waals surface area contributed by atoms with Crippen LogP contribution in [0.2, 0.25) is 0 Å². The molecule has 0 amide bonds. The van der Waals surface area contributed by atoms with E-state index in [-0.39, 0.29) is 6.10 Å². The Hall–Kier alpha value is -0.0800. The third-order valence-electron chi connectivity index (χ3n) is 1.74. The number of aliphatic hydroxyl groups excluding tert-OH is 1. The Morgan fingerprint density at radius 1 is 1.88 bits per heavy atom. The summed E-state index contributed by atoms with van der Waals surface area (Å²) < 4.78 is 0. The normalized spacial score (nSPS) is 31.5. The maximum absolute atomic E-state index is 9.12. The quantitative estimate of drug-likeness (QED) is 0.535. The summed E-state index contributed by atoms with van der Waals surface area (Å²) in [7, 11) is 0. The van der Waals surface area contributed by atoms with Crippen LogP contribution in [0.4, 0.5) is 0 Å². The van der Waals surface area contributed by atoms with E-state index in [4.69, 9.17) is 5.11 Å². The van der Waals surface area contributed by atoms with Crippen LogP contribution in [0.25, 0.3) is 0 Å². The Morgan fingerprint density at radius 2 is 2.50 bits per heavy atom. The van der Waals surface area contributed by atoms with Gasteiger partial charge in [0.1, 0.15) is 0 Å². The van der Waals surface area contributed by atoms with Crippen LogP contribution < -0.4 is 5.32 Å². The minimum absolute atomic E-state index is 0.108. The summed E-state index contributed by atoms with van der Waals surface area (Å²) in [5.41, 5.74) is 0. The topological polar surface area (TPSA) is 32.3 Å². The standard InChI is InChI=1S/C6H13NO/c1-2-6(8)5-3-4-7-5/h5-8H,2-4H2,1H3. The lowest BCUT2D eigenvalue weighted by atomic mass is 9.99. The van der Waals surface area contributed by atoms with Crippen LogP contribution in [0.1, 0.15) is 19.8 Å². The van der Waals surface area contributed by atoms with Crippen molar-refractivity contribution in [2.45, 2.75) is 31.9 Å². The van der Waals surface area contributed by atoms with Gasteiger partial charge in [0.15, 0.2) is 0 Å². The first kappa shape index (κ1) is 6.05. The third kappa shape index (κ3) is 1.01. The van der Waals surface area contributed by atoms with Crippen molar-refractivity contribution in [2.75, 3.05) is 6.54 Å². The average molecular weight is 115 g/mol. The SMILES string of the molecule is CCC(O)C1CCN1. The molecule has 0 aromatic carbocycles. The van der Waals surface area contributed by atoms with Gasteiger partial charge in [-0.15, -0.1) is 0 Å². The summed E-state index contributed by atoms with van der Waals surface area (Å²) in [5, 5.41) is 12.3. The van der Waals surface area contributed by atoms with Crippen LogP contribution in [-0.2, 0) is 0 Å². The Kier molecular flexibility index (Phi) is 1.86. The highest BCUT2D eigenvalue weighted by Crippen LogP contribution is 2.08. The Bertz CT molecular complexity index is 68.2. The maximum atomic E-state index is 9.12. The van der Waals surface area contributed by atoms with Gasteiger partial charge in [-0.05, 0) is 19.4 Å². The molecule has 1 aliphatic rings. The van der Waals surface area contributed by atoms with E-state index in [0.717, 1.165) is 19.4 Å². The summed E-state index contributed by atoms with van der Waals surface area (Å²) >= 11 is 0. The van der Waals surface area contributed by atoms with E-state index in [1.165, 1.54) is 0 Å². The van der Waals surface area contributed by atoms with Crippen molar-refractivity contribution in [3.8, 4) is 0 Å². The molecular weight excluding hydrogens is 102 g/mol. The molecule has 48 valence electrons. The van der Waals surface area contributed by atoms with Crippen molar-refractivity contribution in [3.63, 3.8) is 0 Å². The second-order valence-corrected chi connectivity index (χ2v) is 2.32. The van der Waals surface area contributed by atoms with Gasteiger partial charge >= 0.3 is 0 Å². The van der Waals surface area contributed by atoms with Crippen LogP contribution in [0, 0.1) is 0 Å². The minimum atomic E-state index is -0.108. The van der Waals surface area contributed by atoms with E-state index < -0.39 is 0 Å². The zero-order valence-electron chi connectivity index (χ0n) is 5.22. The van der Waals surface area contributed by atoms with Crippen molar-refractivity contribution in [1.29, 1.82) is 0 Å². The molecule has 0 aromatic rings. The van der Waals surface area contributed by atoms with Crippen molar-refractivity contribution in [3.05, 3.63) is 0 Å². The number of hydrogen-bond donors (Lipinski definition) is 2. The third-order valence-corrected chi connectivity index (χ3v) is 1.74. The second-order valence-electron chi connectivity index (χ2n) is 2.32. The van der Waals surface area contributed by atoms with Crippen LogP contribution in [0.5, 0.6) is 0 Å². The highest BCUT2D eigenvalue weighted by Gasteiger charge is 2.22. The fourth-order valence-electron chi connectivity index (χ4n) is 0.924. The molecule has 1 saturated heterocycles. The summed E-state index contributed by atoms with van der Waals surface area (Å²) in [4.78, 5) is 0. The molecule has 1 aliphatic heterocycles. The summed E-state index contributed by atoms with van der Waals surface area (Å²) in [6, 6.07) is 0.403. The first-order valence-electron chi connectivity index (χ1n) is 3.26. The van der Waals surface area contributed by atoms with Gasteiger partial charge in [0, 0.05) is 6.04 Å². The van der Waals surface area contributed by atoms with E-state index in [1.54, 1.807) is 0 Å². The molecule has 2 N–H and O–H groups in total. The van der Waals surface area contributed by atoms with E-state index in [9.17, 15) is 0 Å². The highest BCUT2D eigenvalue weighted by atomic mass is 16.3. The second kappa shape index (κ2) is 2.46. The lowest BCUT2D eigenvalue weighted by Gasteiger charge is -2.31. The monoisotopic (exact) mass is 115 g/mol. The minimum Gasteiger partial charge on any atom is -0.392 e. The molecule has 0 spiro atoms. The van der Waals surface area contributed by atoms with E-state index in [2.05, 4.69) is 5.32 Å². The molecule has 0 aliphatic carbocycles. The first-order chi connectivity index (χ1) is 3.84. The number of nitrogens with one attached hydrogen (secondary N) is 1. The molecule has 8 heavy (non-hydrogen) atoms. The molecule has 0 saturated carbocycles. The molecular formula is C6H13NO. The van der Waals surface area contributed by atoms with Crippen LogP contribution >= 0.6 is 0 Å². The van der Waals surface area contributed by atoms with Crippen molar-refractivity contribution >= 4 is 0 Å². The van der Waals surface area contributed by atoms with Gasteiger partial charge in [-0.2, -0.15) is 0 Å². The largest absolute Gasteiger partial charge is 0.392 e. The molecule has 0 radical (unpaired) electrons. The molecule has 1 fully saturated rings. The Labute approximate surface area is 49.9 Å². The molecule has 2 heteroatoms. The molecule has 0 aromatic heterocycles. The van der Waals surface area contributed by atoms with Gasteiger partial charge < -0.3 is 10.4 Å². The predicted octanol–water partition coefficient (Wildman–Crippen LogP) is 0.119. The number of hydrogen-bond acceptors (Lipinski definition) is 2. The summed E-state index contributed by atoms with van der Waals surface area (Å²) in [6.45, 7) is 3.09. The van der Waals surface area contributed by atoms with Gasteiger partial charge in [0.05, 0.1) is 6.10 Å². The summed E-state index contributed by atoms with van der Waals surface area (Å²) in [5.74, 6) is 0. The van der Waals surface area contributed by atoms with Gasteiger partial charge in [-0.1, -0.05) is 6.92 Å². The van der Waals surface area contributed by atoms with Crippen LogP contribution in [-0.4, -0.2) is 23.8 Å². The van der Waals surface area contributed by atoms with Crippen molar-refractivity contribution in [1.82, 2.24) is 5.32 Å². The fourth-order valence-corrected chi connectivity index (χ4v) is 0.924. The molecule has 2 atom stereocenters. The zero-order chi connectivity index (χ0) is 5.98. The van der Waals surface area contributed by atoms with Crippen molar-refractivity contribution < 1.29 is 5.11 Å². The average Bonchev–Trinajstić information content (AvgIpc) is 1.62. The van der Waals surface area contributed by atoms with Gasteiger partial charge in [-0.25, -0.2) is 0 Å². The van der Waals surface area contributed by atoms with Gasteiger partial charge in [0.25, 0.3) is 0 Å². The van der Waals surface area contributed by atoms with E-state index in [1.807, 2.05) is 6.92 Å². The Balaban J connectivity index is 2.13. The Morgan fingerprint density at radius 3 is 2.62 bits per heavy atom. The fraction of sp³-hybridized carbons (Fsp3) is 1.00. The predicted molar refractivity (Wildman–Crippen MR) is 32.7 cm³/mol. The lowest BCUT2D eigenvalue weighted by molar-refractivity contribution is 0.0921. The van der Waals surface area contributed by atoms with Gasteiger partial charge in [0.2, 0.25) is 0 Å². The highest BCUT2D eigenvalue weighted by molar-refractivity contribution is 4.83. The zero-order valence-corrected chi connectivity index (χ0v) is 5.22. The number of rotatable bonds is 2. The van der Waals surface area contributed by atoms with E-state index in [0.29, 0.717) is 6.04 Å². The first-order valence-corrected chi connectivity index (χ1v) is 3.26. The lowest BCUT2D eigenvalue weighted by Crippen LogP contribution is -2.50. The molecule has 1 rings (SSSR count). The molecule has 1 heterocycles. The molecule has 2 nitrogen and oxygen atoms in total. The molecule has 0 bridgehead atoms. The van der Waals surface area contributed by atoms with E-state index >= 15 is 0 Å². The number of aliphatic hydroxyl groups is 1. The molecule has 2 unspecified atom stereocenters.